The zero-order valence-electron chi connectivity index (χ0n) is 36.0. The number of epoxide rings is 1. The summed E-state index contributed by atoms with van der Waals surface area (Å²) in [6.07, 6.45) is 40.8. The Labute approximate surface area is 359 Å². The van der Waals surface area contributed by atoms with Crippen LogP contribution in [-0.4, -0.2) is 82.6 Å². The van der Waals surface area contributed by atoms with Gasteiger partial charge >= 0.3 is 27.6 Å². The number of esters is 2. The maximum atomic E-state index is 12.6. The van der Waals surface area contributed by atoms with E-state index in [1.54, 1.807) is 0 Å². The molecule has 0 bridgehead atoms. The molecule has 0 aromatic rings. The number of allylic oxidation sites excluding steroid dienone is 11. The molecular weight excluding hydrogens is 814 g/mol. The lowest BCUT2D eigenvalue weighted by molar-refractivity contribution is -0.161. The van der Waals surface area contributed by atoms with Crippen LogP contribution in [0, 0.1) is 0 Å². The summed E-state index contributed by atoms with van der Waals surface area (Å²) in [7, 11) is -9.71. The Kier molecular flexibility index (Phi) is 33.4. The summed E-state index contributed by atoms with van der Waals surface area (Å²) in [5.41, 5.74) is 0. The number of unbranched alkanes of at least 4 members (excludes halogenated alkanes) is 8. The van der Waals surface area contributed by atoms with Crippen molar-refractivity contribution in [2.24, 2.45) is 0 Å². The lowest BCUT2D eigenvalue weighted by Gasteiger charge is -2.20. The van der Waals surface area contributed by atoms with Crippen LogP contribution in [0.25, 0.3) is 0 Å². The van der Waals surface area contributed by atoms with Gasteiger partial charge in [0.05, 0.1) is 32.0 Å². The van der Waals surface area contributed by atoms with E-state index in [-0.39, 0.29) is 12.8 Å². The molecule has 4 N–H and O–H groups in total. The van der Waals surface area contributed by atoms with Crippen molar-refractivity contribution in [2.75, 3.05) is 26.4 Å². The van der Waals surface area contributed by atoms with Crippen LogP contribution in [0.4, 0.5) is 0 Å². The molecule has 1 heterocycles. The van der Waals surface area contributed by atoms with Crippen LogP contribution in [0.1, 0.15) is 142 Å². The molecule has 0 saturated carbocycles. The number of carbonyl (C=O) groups is 2. The molecule has 60 heavy (non-hydrogen) atoms. The van der Waals surface area contributed by atoms with E-state index in [1.165, 1.54) is 38.5 Å². The molecular formula is C44H74O14P2. The van der Waals surface area contributed by atoms with Crippen molar-refractivity contribution in [3.8, 4) is 0 Å². The minimum absolute atomic E-state index is 0.0398. The van der Waals surface area contributed by atoms with Crippen molar-refractivity contribution in [1.29, 1.82) is 0 Å². The van der Waals surface area contributed by atoms with Gasteiger partial charge in [0, 0.05) is 12.8 Å². The highest BCUT2D eigenvalue weighted by Gasteiger charge is 2.36. The van der Waals surface area contributed by atoms with Gasteiger partial charge in [-0.2, -0.15) is 0 Å². The molecule has 0 spiro atoms. The molecule has 1 rings (SSSR count). The van der Waals surface area contributed by atoms with Crippen LogP contribution < -0.4 is 0 Å². The first kappa shape index (κ1) is 55.5. The summed E-state index contributed by atoms with van der Waals surface area (Å²) >= 11 is 0. The summed E-state index contributed by atoms with van der Waals surface area (Å²) in [5, 5.41) is 9.74. The second-order valence-corrected chi connectivity index (χ2v) is 17.3. The van der Waals surface area contributed by atoms with E-state index >= 15 is 0 Å². The predicted molar refractivity (Wildman–Crippen MR) is 234 cm³/mol. The molecule has 0 aromatic heterocycles. The summed E-state index contributed by atoms with van der Waals surface area (Å²) in [4.78, 5) is 52.7. The highest BCUT2D eigenvalue weighted by atomic mass is 31.2. The largest absolute Gasteiger partial charge is 0.472 e. The number of hydrogen-bond acceptors (Lipinski definition) is 11. The molecule has 1 fully saturated rings. The number of rotatable bonds is 39. The number of phosphoric ester groups is 2. The van der Waals surface area contributed by atoms with E-state index in [0.29, 0.717) is 31.5 Å². The fourth-order valence-corrected chi connectivity index (χ4v) is 6.71. The minimum atomic E-state index is -4.88. The summed E-state index contributed by atoms with van der Waals surface area (Å²) in [6, 6.07) is 0. The molecule has 5 atom stereocenters. The van der Waals surface area contributed by atoms with E-state index in [2.05, 4.69) is 83.7 Å². The fraction of sp³-hybridized carbons (Fsp3) is 0.682. The smallest absolute Gasteiger partial charge is 0.462 e. The molecule has 16 heteroatoms. The third kappa shape index (κ3) is 36.2. The topological polar surface area (TPSA) is 208 Å². The van der Waals surface area contributed by atoms with E-state index in [0.717, 1.165) is 57.8 Å². The Bertz CT molecular complexity index is 1400. The Morgan fingerprint density at radius 3 is 1.68 bits per heavy atom. The van der Waals surface area contributed by atoms with Gasteiger partial charge in [0.2, 0.25) is 0 Å². The summed E-state index contributed by atoms with van der Waals surface area (Å²) in [6.45, 7) is 1.57. The number of ether oxygens (including phenoxy) is 3. The zero-order chi connectivity index (χ0) is 44.2. The van der Waals surface area contributed by atoms with Crippen molar-refractivity contribution in [3.05, 3.63) is 72.9 Å². The van der Waals surface area contributed by atoms with Crippen molar-refractivity contribution in [2.45, 2.75) is 167 Å². The van der Waals surface area contributed by atoms with Crippen molar-refractivity contribution >= 4 is 27.6 Å². The highest BCUT2D eigenvalue weighted by Crippen LogP contribution is 2.44. The second kappa shape index (κ2) is 36.0. The molecule has 14 nitrogen and oxygen atoms in total. The number of phosphoric acid groups is 2. The van der Waals surface area contributed by atoms with Gasteiger partial charge in [0.1, 0.15) is 12.7 Å². The molecule has 3 unspecified atom stereocenters. The second-order valence-electron chi connectivity index (χ2n) is 14.6. The first-order chi connectivity index (χ1) is 28.8. The zero-order valence-corrected chi connectivity index (χ0v) is 37.8. The quantitative estimate of drug-likeness (QED) is 0.0149. The SMILES string of the molecule is CCCCC/C=C\C/C=C\C/C=C\CCCCC(=O)OC[C@H](COP(=O)(O)OC[C@@H](O)COP(=O)(O)O)OC(=O)CCC/C=C\C/C=C\C/C=C\CC1OC1CCCCC. The van der Waals surface area contributed by atoms with Crippen molar-refractivity contribution in [3.63, 3.8) is 0 Å². The Morgan fingerprint density at radius 1 is 0.583 bits per heavy atom. The van der Waals surface area contributed by atoms with Gasteiger partial charge < -0.3 is 34.0 Å². The Balaban J connectivity index is 2.43. The van der Waals surface area contributed by atoms with E-state index in [4.69, 9.17) is 28.5 Å². The monoisotopic (exact) mass is 888 g/mol. The molecule has 0 radical (unpaired) electrons. The fourth-order valence-electron chi connectivity index (χ4n) is 5.56. The highest BCUT2D eigenvalue weighted by molar-refractivity contribution is 7.47. The lowest BCUT2D eigenvalue weighted by Crippen LogP contribution is -2.29. The van der Waals surface area contributed by atoms with Gasteiger partial charge in [0.15, 0.2) is 6.10 Å². The minimum Gasteiger partial charge on any atom is -0.462 e. The molecule has 1 aliphatic rings. The van der Waals surface area contributed by atoms with Crippen LogP contribution in [0.5, 0.6) is 0 Å². The van der Waals surface area contributed by atoms with E-state index in [1.807, 2.05) is 12.2 Å². The van der Waals surface area contributed by atoms with Gasteiger partial charge in [0.25, 0.3) is 0 Å². The third-order valence-electron chi connectivity index (χ3n) is 8.98. The summed E-state index contributed by atoms with van der Waals surface area (Å²) < 4.78 is 53.4. The maximum Gasteiger partial charge on any atom is 0.472 e. The standard InChI is InChI=1S/C44H74O14P2/c1-3-5-7-8-9-10-11-12-13-14-15-19-22-25-29-33-43(46)53-37-40(38-56-60(51,52)55-36-39(45)35-54-59(48,49)50)57-44(47)34-30-26-23-20-17-16-18-21-24-28-32-42-41(58-42)31-27-6-4-2/h9-10,12-13,15-16,18-20,23-24,28,39-42,45H,3-8,11,14,17,21-22,25-27,29-38H2,1-2H3,(H,51,52)(H2,48,49,50)/b10-9-,13-12-,18-16-,19-15-,23-20-,28-24-/t39-,40+,41?,42?/m0/s1. The Hall–Kier alpha value is -2.48. The molecule has 344 valence electrons. The van der Waals surface area contributed by atoms with Gasteiger partial charge in [-0.25, -0.2) is 9.13 Å². The molecule has 1 saturated heterocycles. The van der Waals surface area contributed by atoms with Crippen LogP contribution in [0.15, 0.2) is 72.9 Å². The predicted octanol–water partition coefficient (Wildman–Crippen LogP) is 9.99. The molecule has 0 aliphatic carbocycles. The number of carbonyl (C=O) groups excluding carboxylic acids is 2. The van der Waals surface area contributed by atoms with Crippen LogP contribution in [0.3, 0.4) is 0 Å². The van der Waals surface area contributed by atoms with Gasteiger partial charge in [-0.15, -0.1) is 0 Å². The van der Waals surface area contributed by atoms with Crippen LogP contribution in [-0.2, 0) is 46.5 Å². The van der Waals surface area contributed by atoms with Crippen molar-refractivity contribution in [1.82, 2.24) is 0 Å². The lowest BCUT2D eigenvalue weighted by atomic mass is 10.1. The van der Waals surface area contributed by atoms with Crippen molar-refractivity contribution < 1.29 is 66.3 Å². The van der Waals surface area contributed by atoms with Crippen LogP contribution >= 0.6 is 15.6 Å². The molecule has 1 aliphatic heterocycles. The van der Waals surface area contributed by atoms with Gasteiger partial charge in [-0.05, 0) is 83.5 Å². The maximum absolute atomic E-state index is 12.6. The van der Waals surface area contributed by atoms with E-state index < -0.39 is 66.2 Å². The average Bonchev–Trinajstić information content (AvgIpc) is 3.96. The molecule has 0 aromatic carbocycles. The third-order valence-corrected chi connectivity index (χ3v) is 10.4. The number of aliphatic hydroxyl groups is 1. The molecule has 0 amide bonds. The van der Waals surface area contributed by atoms with Crippen LogP contribution in [0.2, 0.25) is 0 Å². The number of aliphatic hydroxyl groups excluding tert-OH is 1. The van der Waals surface area contributed by atoms with Gasteiger partial charge in [-0.3, -0.25) is 23.2 Å². The first-order valence-electron chi connectivity index (χ1n) is 21.8. The Morgan fingerprint density at radius 2 is 1.08 bits per heavy atom. The van der Waals surface area contributed by atoms with Gasteiger partial charge in [-0.1, -0.05) is 119 Å². The number of hydrogen-bond donors (Lipinski definition) is 4. The van der Waals surface area contributed by atoms with E-state index in [9.17, 15) is 28.7 Å². The normalized spacial score (nSPS) is 18.1. The summed E-state index contributed by atoms with van der Waals surface area (Å²) in [5.74, 6) is -1.15. The average molecular weight is 889 g/mol. The first-order valence-corrected chi connectivity index (χ1v) is 24.8.